The third-order valence-electron chi connectivity index (χ3n) is 6.00. The highest BCUT2D eigenvalue weighted by Gasteiger charge is 2.30. The Bertz CT molecular complexity index is 1300. The van der Waals surface area contributed by atoms with E-state index in [1.54, 1.807) is 18.2 Å². The van der Waals surface area contributed by atoms with Crippen molar-refractivity contribution >= 4 is 10.8 Å². The summed E-state index contributed by atoms with van der Waals surface area (Å²) in [6.07, 6.45) is 2.47. The largest absolute Gasteiger partial charge is 0.573 e. The van der Waals surface area contributed by atoms with E-state index in [4.69, 9.17) is 0 Å². The summed E-state index contributed by atoms with van der Waals surface area (Å²) in [4.78, 5) is 0. The number of hydrogen-bond acceptors (Lipinski definition) is 1. The van der Waals surface area contributed by atoms with Crippen molar-refractivity contribution in [3.05, 3.63) is 114 Å². The molecule has 0 aliphatic rings. The molecule has 0 aliphatic heterocycles. The third kappa shape index (κ3) is 6.50. The van der Waals surface area contributed by atoms with Crippen LogP contribution in [0.1, 0.15) is 30.0 Å². The Hall–Kier alpha value is -3.60. The predicted octanol–water partition coefficient (Wildman–Crippen LogP) is 8.84. The first-order valence-electron chi connectivity index (χ1n) is 11.6. The van der Waals surface area contributed by atoms with Gasteiger partial charge in [-0.3, -0.25) is 0 Å². The summed E-state index contributed by atoms with van der Waals surface area (Å²) in [5.74, 6) is -0.525. The molecule has 0 spiro atoms. The SMILES string of the molecule is C/C=C/CCc1ccc(-c2ccc3c(F)c(CCc4ccc(OC(F)(F)F)cc4)ccc3c2)cc1. The fourth-order valence-electron chi connectivity index (χ4n) is 4.13. The van der Waals surface area contributed by atoms with Crippen LogP contribution in [0.2, 0.25) is 0 Å². The van der Waals surface area contributed by atoms with Gasteiger partial charge in [0.05, 0.1) is 0 Å². The summed E-state index contributed by atoms with van der Waals surface area (Å²) in [7, 11) is 0. The first-order valence-corrected chi connectivity index (χ1v) is 11.6. The Kier molecular flexibility index (Phi) is 7.54. The van der Waals surface area contributed by atoms with Gasteiger partial charge >= 0.3 is 6.36 Å². The first-order chi connectivity index (χ1) is 16.8. The van der Waals surface area contributed by atoms with Crippen LogP contribution < -0.4 is 4.74 Å². The second kappa shape index (κ2) is 10.8. The molecule has 35 heavy (non-hydrogen) atoms. The summed E-state index contributed by atoms with van der Waals surface area (Å²) in [5, 5.41) is 1.39. The number of fused-ring (bicyclic) bond motifs is 1. The van der Waals surface area contributed by atoms with Gasteiger partial charge in [0.25, 0.3) is 0 Å². The zero-order valence-electron chi connectivity index (χ0n) is 19.4. The number of halogens is 4. The molecule has 0 unspecified atom stereocenters. The molecule has 0 saturated carbocycles. The number of benzene rings is 4. The highest BCUT2D eigenvalue weighted by molar-refractivity contribution is 5.88. The van der Waals surface area contributed by atoms with E-state index in [0.29, 0.717) is 23.8 Å². The molecule has 180 valence electrons. The van der Waals surface area contributed by atoms with Crippen LogP contribution in [0.3, 0.4) is 0 Å². The molecule has 0 saturated heterocycles. The molecule has 4 aromatic carbocycles. The van der Waals surface area contributed by atoms with Crippen LogP contribution in [0.25, 0.3) is 21.9 Å². The van der Waals surface area contributed by atoms with Gasteiger partial charge in [-0.1, -0.05) is 72.8 Å². The minimum atomic E-state index is -4.72. The van der Waals surface area contributed by atoms with E-state index in [2.05, 4.69) is 41.2 Å². The van der Waals surface area contributed by atoms with E-state index in [9.17, 15) is 13.2 Å². The van der Waals surface area contributed by atoms with Crippen molar-refractivity contribution in [3.63, 3.8) is 0 Å². The third-order valence-corrected chi connectivity index (χ3v) is 6.00. The van der Waals surface area contributed by atoms with Crippen molar-refractivity contribution in [2.24, 2.45) is 0 Å². The van der Waals surface area contributed by atoms with Gasteiger partial charge in [-0.25, -0.2) is 4.39 Å². The maximum absolute atomic E-state index is 15.2. The topological polar surface area (TPSA) is 9.23 Å². The Labute approximate surface area is 202 Å². The lowest BCUT2D eigenvalue weighted by Crippen LogP contribution is -2.17. The van der Waals surface area contributed by atoms with E-state index < -0.39 is 6.36 Å². The molecule has 0 aliphatic carbocycles. The first kappa shape index (κ1) is 24.5. The van der Waals surface area contributed by atoms with Gasteiger partial charge in [-0.2, -0.15) is 0 Å². The molecule has 0 bridgehead atoms. The van der Waals surface area contributed by atoms with Crippen LogP contribution in [0.5, 0.6) is 5.75 Å². The molecule has 0 heterocycles. The highest BCUT2D eigenvalue weighted by atomic mass is 19.4. The number of ether oxygens (including phenoxy) is 1. The fourth-order valence-corrected chi connectivity index (χ4v) is 4.13. The molecule has 0 N–H and O–H groups in total. The maximum atomic E-state index is 15.2. The number of rotatable bonds is 8. The summed E-state index contributed by atoms with van der Waals surface area (Å²) in [6.45, 7) is 2.02. The van der Waals surface area contributed by atoms with E-state index >= 15 is 4.39 Å². The van der Waals surface area contributed by atoms with E-state index in [1.165, 1.54) is 17.7 Å². The van der Waals surface area contributed by atoms with Gasteiger partial charge in [0.1, 0.15) is 11.6 Å². The van der Waals surface area contributed by atoms with Crippen molar-refractivity contribution in [2.75, 3.05) is 0 Å². The number of alkyl halides is 3. The van der Waals surface area contributed by atoms with Gasteiger partial charge in [0.15, 0.2) is 0 Å². The monoisotopic (exact) mass is 478 g/mol. The minimum Gasteiger partial charge on any atom is -0.406 e. The molecule has 1 nitrogen and oxygen atoms in total. The van der Waals surface area contributed by atoms with Crippen molar-refractivity contribution < 1.29 is 22.3 Å². The molecule has 4 aromatic rings. The minimum absolute atomic E-state index is 0.259. The highest BCUT2D eigenvalue weighted by Crippen LogP contribution is 2.29. The van der Waals surface area contributed by atoms with Crippen LogP contribution in [0, 0.1) is 5.82 Å². The lowest BCUT2D eigenvalue weighted by atomic mass is 9.96. The molecular weight excluding hydrogens is 452 g/mol. The Balaban J connectivity index is 1.45. The molecule has 5 heteroatoms. The molecule has 4 rings (SSSR count). The van der Waals surface area contributed by atoms with Gasteiger partial charge < -0.3 is 4.74 Å². The summed E-state index contributed by atoms with van der Waals surface area (Å²) >= 11 is 0. The van der Waals surface area contributed by atoms with Crippen molar-refractivity contribution in [3.8, 4) is 16.9 Å². The van der Waals surface area contributed by atoms with Gasteiger partial charge in [-0.15, -0.1) is 13.2 Å². The van der Waals surface area contributed by atoms with Crippen LogP contribution in [0.4, 0.5) is 17.6 Å². The quantitative estimate of drug-likeness (QED) is 0.182. The zero-order valence-corrected chi connectivity index (χ0v) is 19.4. The summed E-state index contributed by atoms with van der Waals surface area (Å²) < 4.78 is 56.0. The molecular formula is C30H26F4O. The van der Waals surface area contributed by atoms with Crippen molar-refractivity contribution in [2.45, 2.75) is 39.0 Å². The lowest BCUT2D eigenvalue weighted by molar-refractivity contribution is -0.274. The standard InChI is InChI=1S/C30H26F4O/c1-2-3-4-5-21-6-11-23(12-7-21)25-16-19-28-26(20-25)15-14-24(29(28)31)13-8-22-9-17-27(18-10-22)35-30(32,33)34/h2-3,6-7,9-12,14-20H,4-5,8,13H2,1H3/b3-2+. The molecule has 0 fully saturated rings. The van der Waals surface area contributed by atoms with Gasteiger partial charge in [0, 0.05) is 5.39 Å². The van der Waals surface area contributed by atoms with Gasteiger partial charge in [-0.05, 0) is 84.0 Å². The molecule has 0 radical (unpaired) electrons. The van der Waals surface area contributed by atoms with Crippen LogP contribution in [-0.2, 0) is 19.3 Å². The fraction of sp³-hybridized carbons (Fsp3) is 0.200. The van der Waals surface area contributed by atoms with E-state index in [-0.39, 0.29) is 11.6 Å². The number of aryl methyl sites for hydroxylation is 3. The Morgan fingerprint density at radius 3 is 2.09 bits per heavy atom. The predicted molar refractivity (Wildman–Crippen MR) is 133 cm³/mol. The average Bonchev–Trinajstić information content (AvgIpc) is 2.84. The second-order valence-electron chi connectivity index (χ2n) is 8.47. The van der Waals surface area contributed by atoms with E-state index in [1.807, 2.05) is 31.2 Å². The number of allylic oxidation sites excluding steroid dienone is 2. The molecule has 0 amide bonds. The van der Waals surface area contributed by atoms with Crippen molar-refractivity contribution in [1.82, 2.24) is 0 Å². The number of hydrogen-bond donors (Lipinski definition) is 0. The Morgan fingerprint density at radius 1 is 0.743 bits per heavy atom. The smallest absolute Gasteiger partial charge is 0.406 e. The van der Waals surface area contributed by atoms with Crippen molar-refractivity contribution in [1.29, 1.82) is 0 Å². The maximum Gasteiger partial charge on any atom is 0.573 e. The zero-order chi connectivity index (χ0) is 24.8. The van der Waals surface area contributed by atoms with E-state index in [0.717, 1.165) is 34.9 Å². The average molecular weight is 479 g/mol. The summed E-state index contributed by atoms with van der Waals surface area (Å²) in [5.41, 5.74) is 4.79. The normalized spacial score (nSPS) is 11.9. The summed E-state index contributed by atoms with van der Waals surface area (Å²) in [6, 6.07) is 23.6. The van der Waals surface area contributed by atoms with Gasteiger partial charge in [0.2, 0.25) is 0 Å². The molecule has 0 aromatic heterocycles. The van der Waals surface area contributed by atoms with Crippen LogP contribution >= 0.6 is 0 Å². The lowest BCUT2D eigenvalue weighted by Gasteiger charge is -2.11. The molecule has 0 atom stereocenters. The van der Waals surface area contributed by atoms with Crippen LogP contribution in [0.15, 0.2) is 91.0 Å². The second-order valence-corrected chi connectivity index (χ2v) is 8.47. The van der Waals surface area contributed by atoms with Crippen LogP contribution in [-0.4, -0.2) is 6.36 Å². The Morgan fingerprint density at radius 2 is 1.40 bits per heavy atom.